The Hall–Kier alpha value is -3.14. The largest absolute Gasteiger partial charge is 0.391 e. The van der Waals surface area contributed by atoms with Crippen molar-refractivity contribution < 1.29 is 27.8 Å². The number of carbonyl (C=O) groups is 1. The number of aliphatic hydroxyl groups is 1. The number of hydrogen-bond donors (Lipinski definition) is 2. The van der Waals surface area contributed by atoms with Crippen LogP contribution >= 0.6 is 0 Å². The van der Waals surface area contributed by atoms with Crippen LogP contribution in [0.5, 0.6) is 0 Å². The molecule has 1 aliphatic carbocycles. The van der Waals surface area contributed by atoms with Gasteiger partial charge in [-0.15, -0.1) is 0 Å². The third kappa shape index (κ3) is 5.33. The summed E-state index contributed by atoms with van der Waals surface area (Å²) in [6, 6.07) is 5.72. The number of hydrogen-bond acceptors (Lipinski definition) is 6. The standard InChI is InChI=1S/C27H28F3N3O3/c1-14-7-16(10-22(31)27(14)35)18-5-6-32-12-17(18)11-24(34)23-4-3-19(28)26(33-23)25-20(29)8-15(13-36-2)9-21(25)30/h3-6,8-9,12,14,16,22,27,35H,7,10-11,13,31H2,1-2H3/t14-,16+,22+,27+/m0/s1. The Labute approximate surface area is 207 Å². The van der Waals surface area contributed by atoms with E-state index in [1.165, 1.54) is 13.2 Å². The first kappa shape index (κ1) is 25.9. The van der Waals surface area contributed by atoms with Crippen molar-refractivity contribution in [2.75, 3.05) is 7.11 Å². The van der Waals surface area contributed by atoms with Crippen molar-refractivity contribution in [3.8, 4) is 11.3 Å². The third-order valence-electron chi connectivity index (χ3n) is 6.75. The normalized spacial score (nSPS) is 22.0. The lowest BCUT2D eigenvalue weighted by Gasteiger charge is -2.36. The molecule has 0 radical (unpaired) electrons. The average molecular weight is 500 g/mol. The highest BCUT2D eigenvalue weighted by atomic mass is 19.1. The van der Waals surface area contributed by atoms with Crippen molar-refractivity contribution in [1.29, 1.82) is 0 Å². The zero-order valence-electron chi connectivity index (χ0n) is 20.0. The van der Waals surface area contributed by atoms with E-state index < -0.39 is 40.6 Å². The molecule has 190 valence electrons. The number of nitrogens with two attached hydrogens (primary N) is 1. The number of benzene rings is 1. The van der Waals surface area contributed by atoms with Gasteiger partial charge in [0.15, 0.2) is 5.78 Å². The molecule has 9 heteroatoms. The Bertz CT molecular complexity index is 1240. The number of carbonyl (C=O) groups excluding carboxylic acids is 1. The van der Waals surface area contributed by atoms with E-state index >= 15 is 0 Å². The van der Waals surface area contributed by atoms with Crippen LogP contribution in [0.1, 0.15) is 52.9 Å². The second-order valence-corrected chi connectivity index (χ2v) is 9.37. The number of methoxy groups -OCH3 is 1. The van der Waals surface area contributed by atoms with Crippen molar-refractivity contribution in [3.63, 3.8) is 0 Å². The number of halogens is 3. The minimum atomic E-state index is -1.00. The van der Waals surface area contributed by atoms with Crippen molar-refractivity contribution in [3.05, 3.63) is 82.6 Å². The molecule has 0 amide bonds. The summed E-state index contributed by atoms with van der Waals surface area (Å²) < 4.78 is 48.9. The van der Waals surface area contributed by atoms with Gasteiger partial charge in [-0.25, -0.2) is 18.2 Å². The fourth-order valence-corrected chi connectivity index (χ4v) is 4.95. The molecule has 36 heavy (non-hydrogen) atoms. The summed E-state index contributed by atoms with van der Waals surface area (Å²) in [6.07, 6.45) is 3.83. The minimum absolute atomic E-state index is 0.00291. The Balaban J connectivity index is 1.63. The highest BCUT2D eigenvalue weighted by Crippen LogP contribution is 2.37. The van der Waals surface area contributed by atoms with Gasteiger partial charge in [0, 0.05) is 32.0 Å². The van der Waals surface area contributed by atoms with E-state index in [2.05, 4.69) is 9.97 Å². The summed E-state index contributed by atoms with van der Waals surface area (Å²) in [7, 11) is 1.39. The Morgan fingerprint density at radius 3 is 2.53 bits per heavy atom. The number of Topliss-reactive ketones (excluding diaryl/α,β-unsaturated/α-hetero) is 1. The van der Waals surface area contributed by atoms with Crippen LogP contribution in [0, 0.1) is 23.4 Å². The maximum atomic E-state index is 14.7. The highest BCUT2D eigenvalue weighted by Gasteiger charge is 2.34. The maximum Gasteiger partial charge on any atom is 0.185 e. The molecule has 1 aromatic carbocycles. The van der Waals surface area contributed by atoms with E-state index in [1.807, 2.05) is 13.0 Å². The monoisotopic (exact) mass is 499 g/mol. The van der Waals surface area contributed by atoms with Gasteiger partial charge in [-0.1, -0.05) is 6.92 Å². The van der Waals surface area contributed by atoms with Crippen LogP contribution in [0.2, 0.25) is 0 Å². The van der Waals surface area contributed by atoms with Gasteiger partial charge < -0.3 is 15.6 Å². The van der Waals surface area contributed by atoms with Crippen molar-refractivity contribution in [2.24, 2.45) is 11.7 Å². The quantitative estimate of drug-likeness (QED) is 0.470. The molecule has 0 aliphatic heterocycles. The van der Waals surface area contributed by atoms with Crippen molar-refractivity contribution in [1.82, 2.24) is 9.97 Å². The number of rotatable bonds is 7. The Morgan fingerprint density at radius 2 is 1.86 bits per heavy atom. The molecule has 2 aromatic heterocycles. The average Bonchev–Trinajstić information content (AvgIpc) is 2.83. The molecule has 0 spiro atoms. The molecule has 4 atom stereocenters. The van der Waals surface area contributed by atoms with Crippen LogP contribution < -0.4 is 5.73 Å². The zero-order chi connectivity index (χ0) is 26.0. The van der Waals surface area contributed by atoms with Crippen LogP contribution in [0.25, 0.3) is 11.3 Å². The zero-order valence-corrected chi connectivity index (χ0v) is 20.0. The van der Waals surface area contributed by atoms with Gasteiger partial charge in [-0.2, -0.15) is 0 Å². The lowest BCUT2D eigenvalue weighted by molar-refractivity contribution is 0.0519. The predicted molar refractivity (Wildman–Crippen MR) is 128 cm³/mol. The minimum Gasteiger partial charge on any atom is -0.391 e. The van der Waals surface area contributed by atoms with Crippen LogP contribution in [0.4, 0.5) is 13.2 Å². The molecule has 1 fully saturated rings. The van der Waals surface area contributed by atoms with Gasteiger partial charge in [-0.3, -0.25) is 9.78 Å². The van der Waals surface area contributed by atoms with E-state index in [0.29, 0.717) is 18.4 Å². The molecule has 3 aromatic rings. The van der Waals surface area contributed by atoms with E-state index in [0.717, 1.165) is 23.8 Å². The number of pyridine rings is 2. The highest BCUT2D eigenvalue weighted by molar-refractivity contribution is 5.96. The van der Waals surface area contributed by atoms with Gasteiger partial charge in [0.25, 0.3) is 0 Å². The topological polar surface area (TPSA) is 98.3 Å². The van der Waals surface area contributed by atoms with E-state index in [-0.39, 0.29) is 42.2 Å². The van der Waals surface area contributed by atoms with E-state index in [4.69, 9.17) is 10.5 Å². The third-order valence-corrected chi connectivity index (χ3v) is 6.75. The van der Waals surface area contributed by atoms with E-state index in [9.17, 15) is 23.1 Å². The molecular weight excluding hydrogens is 471 g/mol. The smallest absolute Gasteiger partial charge is 0.185 e. The first-order valence-electron chi connectivity index (χ1n) is 11.7. The number of nitrogens with zero attached hydrogens (tertiary/aromatic N) is 2. The van der Waals surface area contributed by atoms with E-state index in [1.54, 1.807) is 12.4 Å². The van der Waals surface area contributed by atoms with Gasteiger partial charge in [0.2, 0.25) is 0 Å². The fourth-order valence-electron chi connectivity index (χ4n) is 4.95. The molecule has 1 saturated carbocycles. The summed E-state index contributed by atoms with van der Waals surface area (Å²) in [6.45, 7) is 1.92. The fraction of sp³-hybridized carbons (Fsp3) is 0.370. The van der Waals surface area contributed by atoms with Crippen molar-refractivity contribution in [2.45, 2.75) is 50.9 Å². The Morgan fingerprint density at radius 1 is 1.14 bits per heavy atom. The SMILES string of the molecule is COCc1cc(F)c(-c2nc(C(=O)Cc3cnccc3[C@H]3C[C@@H](N)[C@H](O)[C@@H](C)C3)ccc2F)c(F)c1. The molecular formula is C27H28F3N3O3. The lowest BCUT2D eigenvalue weighted by Crippen LogP contribution is -2.44. The summed E-state index contributed by atoms with van der Waals surface area (Å²) in [5.41, 5.74) is 6.60. The number of aliphatic hydroxyl groups excluding tert-OH is 1. The summed E-state index contributed by atoms with van der Waals surface area (Å²) in [5.74, 6) is -3.37. The van der Waals surface area contributed by atoms with Crippen molar-refractivity contribution >= 4 is 5.78 Å². The summed E-state index contributed by atoms with van der Waals surface area (Å²) >= 11 is 0. The first-order valence-corrected chi connectivity index (χ1v) is 11.7. The molecule has 1 aliphatic rings. The molecule has 0 saturated heterocycles. The molecule has 6 nitrogen and oxygen atoms in total. The van der Waals surface area contributed by atoms with Gasteiger partial charge >= 0.3 is 0 Å². The summed E-state index contributed by atoms with van der Waals surface area (Å²) in [4.78, 5) is 21.3. The number of ketones is 1. The molecule has 0 unspecified atom stereocenters. The van der Waals surface area contributed by atoms with Gasteiger partial charge in [0.05, 0.1) is 18.3 Å². The number of aromatic nitrogens is 2. The molecule has 4 rings (SSSR count). The van der Waals surface area contributed by atoms with Crippen LogP contribution in [0.15, 0.2) is 42.7 Å². The predicted octanol–water partition coefficient (Wildman–Crippen LogP) is 4.33. The molecule has 3 N–H and O–H groups in total. The Kier molecular flexibility index (Phi) is 7.82. The van der Waals surface area contributed by atoms with Gasteiger partial charge in [0.1, 0.15) is 28.8 Å². The second-order valence-electron chi connectivity index (χ2n) is 9.37. The van der Waals surface area contributed by atoms with Crippen LogP contribution in [-0.4, -0.2) is 40.1 Å². The lowest BCUT2D eigenvalue weighted by atomic mass is 9.74. The van der Waals surface area contributed by atoms with Crippen LogP contribution in [0.3, 0.4) is 0 Å². The molecule has 0 bridgehead atoms. The maximum absolute atomic E-state index is 14.7. The summed E-state index contributed by atoms with van der Waals surface area (Å²) in [5, 5.41) is 10.2. The van der Waals surface area contributed by atoms with Crippen LogP contribution in [-0.2, 0) is 17.8 Å². The number of ether oxygens (including phenoxy) is 1. The second kappa shape index (κ2) is 10.9. The molecule has 2 heterocycles. The first-order chi connectivity index (χ1) is 17.2. The van der Waals surface area contributed by atoms with Gasteiger partial charge in [-0.05, 0) is 71.7 Å².